The molecule has 12 heteroatoms. The van der Waals surface area contributed by atoms with Gasteiger partial charge in [0.05, 0.1) is 11.1 Å². The van der Waals surface area contributed by atoms with Gasteiger partial charge in [-0.15, -0.1) is 0 Å². The maximum Gasteiger partial charge on any atom is 0.416 e. The summed E-state index contributed by atoms with van der Waals surface area (Å²) < 4.78 is 87.3. The van der Waals surface area contributed by atoms with Crippen molar-refractivity contribution in [2.45, 2.75) is 64.9 Å². The van der Waals surface area contributed by atoms with Crippen LogP contribution in [0.3, 0.4) is 0 Å². The predicted octanol–water partition coefficient (Wildman–Crippen LogP) is 6.58. The van der Waals surface area contributed by atoms with Crippen LogP contribution in [0.2, 0.25) is 0 Å². The molecule has 3 N–H and O–H groups in total. The molecule has 0 saturated heterocycles. The minimum Gasteiger partial charge on any atom is -0.456 e. The van der Waals surface area contributed by atoms with E-state index >= 15 is 0 Å². The molecule has 45 heavy (non-hydrogen) atoms. The van der Waals surface area contributed by atoms with E-state index in [-0.39, 0.29) is 41.3 Å². The lowest BCUT2D eigenvalue weighted by Crippen LogP contribution is -2.46. The molecule has 3 aromatic rings. The standard InChI is InChI=1S/C33H37F6N3O3/c1-4-9-42(10-5-2)31(43)23-11-20(3)12-24(14-23)32(44)45-29(28(40)16-22-15-26(34)17-27(35)30(22)36)19-41-18-21-7-6-8-25(13-21)33(37,38)39/h6-8,11-15,17,28-29,41H,4-5,9-10,16,18-19,40H2,1-3H3. The van der Waals surface area contributed by atoms with E-state index in [1.165, 1.54) is 24.3 Å². The monoisotopic (exact) mass is 637 g/mol. The van der Waals surface area contributed by atoms with Gasteiger partial charge in [0.2, 0.25) is 0 Å². The Balaban J connectivity index is 1.85. The van der Waals surface area contributed by atoms with Gasteiger partial charge in [0, 0.05) is 43.9 Å². The quantitative estimate of drug-likeness (QED) is 0.119. The molecule has 0 aromatic heterocycles. The van der Waals surface area contributed by atoms with Crippen molar-refractivity contribution in [2.24, 2.45) is 5.73 Å². The van der Waals surface area contributed by atoms with Crippen molar-refractivity contribution < 1.29 is 40.7 Å². The number of nitrogens with one attached hydrogen (secondary N) is 1. The Morgan fingerprint density at radius 2 is 1.62 bits per heavy atom. The second-order valence-corrected chi connectivity index (χ2v) is 10.9. The second kappa shape index (κ2) is 15.9. The van der Waals surface area contributed by atoms with Gasteiger partial charge in [0.1, 0.15) is 11.9 Å². The van der Waals surface area contributed by atoms with Crippen molar-refractivity contribution >= 4 is 11.9 Å². The number of esters is 1. The lowest BCUT2D eigenvalue weighted by Gasteiger charge is -2.25. The number of hydrogen-bond acceptors (Lipinski definition) is 5. The number of carbonyl (C=O) groups excluding carboxylic acids is 2. The third-order valence-corrected chi connectivity index (χ3v) is 7.02. The number of ether oxygens (including phenoxy) is 1. The lowest BCUT2D eigenvalue weighted by molar-refractivity contribution is -0.137. The van der Waals surface area contributed by atoms with Gasteiger partial charge in [0.25, 0.3) is 5.91 Å². The van der Waals surface area contributed by atoms with Gasteiger partial charge in [-0.3, -0.25) is 4.79 Å². The molecule has 2 unspecified atom stereocenters. The molecule has 0 fully saturated rings. The lowest BCUT2D eigenvalue weighted by atomic mass is 10.0. The normalized spacial score (nSPS) is 12.9. The topological polar surface area (TPSA) is 84.7 Å². The summed E-state index contributed by atoms with van der Waals surface area (Å²) in [5.41, 5.74) is 6.29. The molecule has 0 saturated carbocycles. The van der Waals surface area contributed by atoms with Crippen LogP contribution >= 0.6 is 0 Å². The van der Waals surface area contributed by atoms with Crippen molar-refractivity contribution in [2.75, 3.05) is 19.6 Å². The molecular weight excluding hydrogens is 600 g/mol. The zero-order valence-corrected chi connectivity index (χ0v) is 25.3. The van der Waals surface area contributed by atoms with Crippen molar-refractivity contribution in [3.05, 3.63) is 105 Å². The van der Waals surface area contributed by atoms with E-state index in [9.17, 15) is 35.9 Å². The number of aryl methyl sites for hydroxylation is 1. The Morgan fingerprint density at radius 1 is 0.956 bits per heavy atom. The van der Waals surface area contributed by atoms with Gasteiger partial charge in [-0.1, -0.05) is 32.0 Å². The molecule has 0 radical (unpaired) electrons. The highest BCUT2D eigenvalue weighted by molar-refractivity contribution is 5.98. The molecule has 3 aromatic carbocycles. The number of benzene rings is 3. The second-order valence-electron chi connectivity index (χ2n) is 10.9. The Hall–Kier alpha value is -3.90. The number of alkyl halides is 3. The van der Waals surface area contributed by atoms with Crippen LogP contribution in [0.25, 0.3) is 0 Å². The summed E-state index contributed by atoms with van der Waals surface area (Å²) in [5, 5.41) is 2.90. The van der Waals surface area contributed by atoms with E-state index in [0.717, 1.165) is 31.0 Å². The van der Waals surface area contributed by atoms with Crippen molar-refractivity contribution in [3.63, 3.8) is 0 Å². The number of carbonyl (C=O) groups is 2. The predicted molar refractivity (Wildman–Crippen MR) is 158 cm³/mol. The largest absolute Gasteiger partial charge is 0.456 e. The van der Waals surface area contributed by atoms with E-state index in [1.807, 2.05) is 13.8 Å². The molecular formula is C33H37F6N3O3. The van der Waals surface area contributed by atoms with E-state index in [1.54, 1.807) is 17.9 Å². The van der Waals surface area contributed by atoms with Gasteiger partial charge in [0.15, 0.2) is 11.6 Å². The molecule has 0 bridgehead atoms. The van der Waals surface area contributed by atoms with Crippen LogP contribution in [0, 0.1) is 24.4 Å². The van der Waals surface area contributed by atoms with Crippen LogP contribution in [0.1, 0.15) is 69.7 Å². The summed E-state index contributed by atoms with van der Waals surface area (Å²) in [5.74, 6) is -4.86. The Kier molecular flexibility index (Phi) is 12.6. The highest BCUT2D eigenvalue weighted by Gasteiger charge is 2.30. The van der Waals surface area contributed by atoms with Gasteiger partial charge >= 0.3 is 12.1 Å². The van der Waals surface area contributed by atoms with E-state index < -0.39 is 53.7 Å². The molecule has 244 valence electrons. The van der Waals surface area contributed by atoms with E-state index in [2.05, 4.69) is 5.32 Å². The van der Waals surface area contributed by atoms with Crippen molar-refractivity contribution in [1.29, 1.82) is 0 Å². The van der Waals surface area contributed by atoms with Crippen LogP contribution < -0.4 is 11.1 Å². The van der Waals surface area contributed by atoms with Gasteiger partial charge in [-0.2, -0.15) is 13.2 Å². The zero-order valence-electron chi connectivity index (χ0n) is 25.3. The molecule has 0 aliphatic heterocycles. The summed E-state index contributed by atoms with van der Waals surface area (Å²) in [6.07, 6.45) is -4.70. The van der Waals surface area contributed by atoms with Crippen LogP contribution in [0.4, 0.5) is 26.3 Å². The number of nitrogens with two attached hydrogens (primary N) is 1. The maximum absolute atomic E-state index is 14.4. The molecule has 0 spiro atoms. The number of hydrogen-bond donors (Lipinski definition) is 2. The van der Waals surface area contributed by atoms with Gasteiger partial charge in [-0.05, 0) is 73.2 Å². The summed E-state index contributed by atoms with van der Waals surface area (Å²) in [4.78, 5) is 28.3. The van der Waals surface area contributed by atoms with Crippen molar-refractivity contribution in [3.8, 4) is 0 Å². The van der Waals surface area contributed by atoms with Gasteiger partial charge < -0.3 is 20.7 Å². The first-order valence-electron chi connectivity index (χ1n) is 14.6. The fourth-order valence-corrected chi connectivity index (χ4v) is 4.91. The third-order valence-electron chi connectivity index (χ3n) is 7.02. The van der Waals surface area contributed by atoms with Crippen LogP contribution in [-0.2, 0) is 23.9 Å². The first-order chi connectivity index (χ1) is 21.2. The minimum atomic E-state index is -4.54. The number of halogens is 6. The Morgan fingerprint density at radius 3 is 2.27 bits per heavy atom. The first kappa shape index (κ1) is 35.6. The van der Waals surface area contributed by atoms with Crippen LogP contribution in [0.15, 0.2) is 54.6 Å². The minimum absolute atomic E-state index is 0.0457. The number of rotatable bonds is 14. The summed E-state index contributed by atoms with van der Waals surface area (Å²) in [6, 6.07) is 9.17. The molecule has 0 aliphatic carbocycles. The maximum atomic E-state index is 14.4. The van der Waals surface area contributed by atoms with Crippen LogP contribution in [-0.4, -0.2) is 48.6 Å². The third kappa shape index (κ3) is 10.1. The molecule has 0 aliphatic rings. The Bertz CT molecular complexity index is 1470. The summed E-state index contributed by atoms with van der Waals surface area (Å²) in [6.45, 7) is 6.41. The molecule has 6 nitrogen and oxygen atoms in total. The average Bonchev–Trinajstić information content (AvgIpc) is 2.98. The average molecular weight is 638 g/mol. The summed E-state index contributed by atoms with van der Waals surface area (Å²) >= 11 is 0. The molecule has 3 rings (SSSR count). The van der Waals surface area contributed by atoms with E-state index in [4.69, 9.17) is 10.5 Å². The molecule has 2 atom stereocenters. The SMILES string of the molecule is CCCN(CCC)C(=O)c1cc(C)cc(C(=O)OC(CNCc2cccc(C(F)(F)F)c2)C(N)Cc2cc(F)cc(F)c2F)c1. The zero-order chi connectivity index (χ0) is 33.3. The van der Waals surface area contributed by atoms with Gasteiger partial charge in [-0.25, -0.2) is 18.0 Å². The van der Waals surface area contributed by atoms with E-state index in [0.29, 0.717) is 24.7 Å². The highest BCUT2D eigenvalue weighted by Crippen LogP contribution is 2.29. The fraction of sp³-hybridized carbons (Fsp3) is 0.394. The smallest absolute Gasteiger partial charge is 0.416 e. The number of nitrogens with zero attached hydrogens (tertiary/aromatic N) is 1. The van der Waals surface area contributed by atoms with Crippen LogP contribution in [0.5, 0.6) is 0 Å². The molecule has 1 amide bonds. The summed E-state index contributed by atoms with van der Waals surface area (Å²) in [7, 11) is 0. The Labute approximate surface area is 258 Å². The fourth-order valence-electron chi connectivity index (χ4n) is 4.91. The van der Waals surface area contributed by atoms with Crippen molar-refractivity contribution in [1.82, 2.24) is 10.2 Å². The molecule has 0 heterocycles. The first-order valence-corrected chi connectivity index (χ1v) is 14.6. The highest BCUT2D eigenvalue weighted by atomic mass is 19.4. The number of amides is 1.